The van der Waals surface area contributed by atoms with Gasteiger partial charge in [-0.1, -0.05) is 24.3 Å². The average Bonchev–Trinajstić information content (AvgIpc) is 2.91. The maximum atomic E-state index is 4.89. The molecule has 1 N–H and O–H groups in total. The average molecular weight is 265 g/mol. The van der Waals surface area contributed by atoms with Crippen LogP contribution in [-0.2, 0) is 25.8 Å². The van der Waals surface area contributed by atoms with Crippen molar-refractivity contribution in [2.24, 2.45) is 0 Å². The number of hydrogen-bond acceptors (Lipinski definition) is 3. The molecule has 3 nitrogen and oxygen atoms in total. The van der Waals surface area contributed by atoms with Gasteiger partial charge in [-0.15, -0.1) is 0 Å². The summed E-state index contributed by atoms with van der Waals surface area (Å²) in [4.78, 5) is 9.69. The minimum atomic E-state index is 0.464. The van der Waals surface area contributed by atoms with Crippen molar-refractivity contribution in [2.45, 2.75) is 38.6 Å². The molecule has 3 heteroatoms. The largest absolute Gasteiger partial charge is 0.312 e. The zero-order chi connectivity index (χ0) is 13.5. The van der Waals surface area contributed by atoms with E-state index >= 15 is 0 Å². The Morgan fingerprint density at radius 2 is 1.85 bits per heavy atom. The smallest absolute Gasteiger partial charge is 0.132 e. The molecule has 20 heavy (non-hydrogen) atoms. The first-order valence-corrected chi connectivity index (χ1v) is 7.45. The van der Waals surface area contributed by atoms with Gasteiger partial charge >= 0.3 is 0 Å². The molecule has 1 aromatic heterocycles. The lowest BCUT2D eigenvalue weighted by Gasteiger charge is -2.20. The molecule has 0 radical (unpaired) electrons. The van der Waals surface area contributed by atoms with E-state index in [1.807, 2.05) is 0 Å². The predicted molar refractivity (Wildman–Crippen MR) is 78.8 cm³/mol. The number of rotatable bonds is 1. The third-order valence-electron chi connectivity index (χ3n) is 4.57. The van der Waals surface area contributed by atoms with Gasteiger partial charge in [-0.3, -0.25) is 0 Å². The summed E-state index contributed by atoms with van der Waals surface area (Å²) < 4.78 is 0. The number of aromatic nitrogens is 2. The monoisotopic (exact) mass is 265 g/mol. The lowest BCUT2D eigenvalue weighted by molar-refractivity contribution is 0.597. The van der Waals surface area contributed by atoms with Crippen LogP contribution in [0, 0.1) is 6.92 Å². The lowest BCUT2D eigenvalue weighted by Crippen LogP contribution is -2.27. The summed E-state index contributed by atoms with van der Waals surface area (Å²) in [5, 5.41) is 3.40. The van der Waals surface area contributed by atoms with Crippen molar-refractivity contribution in [2.75, 3.05) is 6.54 Å². The highest BCUT2D eigenvalue weighted by molar-refractivity contribution is 5.36. The molecular formula is C17H19N3. The van der Waals surface area contributed by atoms with E-state index in [4.69, 9.17) is 9.97 Å². The second-order valence-corrected chi connectivity index (χ2v) is 5.89. The summed E-state index contributed by atoms with van der Waals surface area (Å²) in [5.41, 5.74) is 6.68. The van der Waals surface area contributed by atoms with E-state index in [1.54, 1.807) is 0 Å². The number of hydrogen-bond donors (Lipinski definition) is 1. The standard InChI is InChI=1S/C17H19N3/c1-11-15-10-18-7-6-16(15)20-17(19-11)14-8-12-4-2-3-5-13(12)9-14/h2-5,14,18H,6-10H2,1H3. The van der Waals surface area contributed by atoms with Crippen LogP contribution in [-0.4, -0.2) is 16.5 Å². The van der Waals surface area contributed by atoms with Crippen LogP contribution in [0.5, 0.6) is 0 Å². The highest BCUT2D eigenvalue weighted by atomic mass is 15.0. The summed E-state index contributed by atoms with van der Waals surface area (Å²) >= 11 is 0. The van der Waals surface area contributed by atoms with Gasteiger partial charge in [-0.05, 0) is 30.9 Å². The molecule has 2 aromatic rings. The van der Waals surface area contributed by atoms with Crippen LogP contribution < -0.4 is 5.32 Å². The molecule has 0 fully saturated rings. The Bertz CT molecular complexity index is 638. The highest BCUT2D eigenvalue weighted by Gasteiger charge is 2.26. The summed E-state index contributed by atoms with van der Waals surface area (Å²) in [5.74, 6) is 1.52. The molecule has 0 bridgehead atoms. The van der Waals surface area contributed by atoms with Crippen LogP contribution in [0.2, 0.25) is 0 Å². The molecule has 4 rings (SSSR count). The molecule has 1 aliphatic carbocycles. The Labute approximate surface area is 119 Å². The van der Waals surface area contributed by atoms with E-state index in [1.165, 1.54) is 22.4 Å². The van der Waals surface area contributed by atoms with Crippen molar-refractivity contribution in [3.05, 3.63) is 58.2 Å². The quantitative estimate of drug-likeness (QED) is 0.860. The Balaban J connectivity index is 1.69. The Kier molecular flexibility index (Phi) is 2.81. The number of benzene rings is 1. The first-order chi connectivity index (χ1) is 9.81. The van der Waals surface area contributed by atoms with Gasteiger partial charge in [-0.2, -0.15) is 0 Å². The van der Waals surface area contributed by atoms with Gasteiger partial charge in [0.25, 0.3) is 0 Å². The van der Waals surface area contributed by atoms with Crippen molar-refractivity contribution in [1.29, 1.82) is 0 Å². The maximum Gasteiger partial charge on any atom is 0.132 e. The van der Waals surface area contributed by atoms with Gasteiger partial charge in [-0.25, -0.2) is 9.97 Å². The molecule has 0 spiro atoms. The maximum absolute atomic E-state index is 4.89. The summed E-state index contributed by atoms with van der Waals surface area (Å²) in [7, 11) is 0. The number of nitrogens with zero attached hydrogens (tertiary/aromatic N) is 2. The van der Waals surface area contributed by atoms with E-state index in [9.17, 15) is 0 Å². The molecule has 0 saturated heterocycles. The lowest BCUT2D eigenvalue weighted by atomic mass is 10.0. The predicted octanol–water partition coefficient (Wildman–Crippen LogP) is 2.31. The van der Waals surface area contributed by atoms with Crippen molar-refractivity contribution < 1.29 is 0 Å². The number of nitrogens with one attached hydrogen (secondary N) is 1. The van der Waals surface area contributed by atoms with Crippen LogP contribution in [0.15, 0.2) is 24.3 Å². The zero-order valence-corrected chi connectivity index (χ0v) is 11.8. The van der Waals surface area contributed by atoms with Gasteiger partial charge in [0, 0.05) is 36.7 Å². The fourth-order valence-electron chi connectivity index (χ4n) is 3.46. The van der Waals surface area contributed by atoms with Crippen molar-refractivity contribution in [1.82, 2.24) is 15.3 Å². The third-order valence-corrected chi connectivity index (χ3v) is 4.57. The van der Waals surface area contributed by atoms with Crippen molar-refractivity contribution >= 4 is 0 Å². The van der Waals surface area contributed by atoms with Crippen LogP contribution in [0.1, 0.15) is 39.8 Å². The van der Waals surface area contributed by atoms with Crippen LogP contribution in [0.3, 0.4) is 0 Å². The van der Waals surface area contributed by atoms with Gasteiger partial charge in [0.15, 0.2) is 0 Å². The minimum Gasteiger partial charge on any atom is -0.312 e. The summed E-state index contributed by atoms with van der Waals surface area (Å²) in [6.45, 7) is 4.08. The fraction of sp³-hybridized carbons (Fsp3) is 0.412. The Morgan fingerprint density at radius 3 is 2.60 bits per heavy atom. The van der Waals surface area contributed by atoms with E-state index in [2.05, 4.69) is 36.5 Å². The second kappa shape index (κ2) is 4.67. The fourth-order valence-corrected chi connectivity index (χ4v) is 3.46. The normalized spacial score (nSPS) is 17.9. The topological polar surface area (TPSA) is 37.8 Å². The summed E-state index contributed by atoms with van der Waals surface area (Å²) in [6.07, 6.45) is 3.21. The molecule has 2 heterocycles. The molecule has 2 aliphatic rings. The van der Waals surface area contributed by atoms with Crippen molar-refractivity contribution in [3.8, 4) is 0 Å². The molecule has 102 valence electrons. The van der Waals surface area contributed by atoms with E-state index in [0.29, 0.717) is 5.92 Å². The Morgan fingerprint density at radius 1 is 1.10 bits per heavy atom. The van der Waals surface area contributed by atoms with Gasteiger partial charge in [0.05, 0.1) is 5.69 Å². The van der Waals surface area contributed by atoms with E-state index < -0.39 is 0 Å². The van der Waals surface area contributed by atoms with Gasteiger partial charge in [0.2, 0.25) is 0 Å². The Hall–Kier alpha value is -1.74. The number of fused-ring (bicyclic) bond motifs is 2. The second-order valence-electron chi connectivity index (χ2n) is 5.89. The van der Waals surface area contributed by atoms with Crippen LogP contribution in [0.4, 0.5) is 0 Å². The molecule has 1 aromatic carbocycles. The van der Waals surface area contributed by atoms with Gasteiger partial charge < -0.3 is 5.32 Å². The van der Waals surface area contributed by atoms with E-state index in [-0.39, 0.29) is 0 Å². The third kappa shape index (κ3) is 1.93. The van der Waals surface area contributed by atoms with Gasteiger partial charge in [0.1, 0.15) is 5.82 Å². The molecular weight excluding hydrogens is 246 g/mol. The molecule has 1 aliphatic heterocycles. The highest BCUT2D eigenvalue weighted by Crippen LogP contribution is 2.33. The first-order valence-electron chi connectivity index (χ1n) is 7.45. The SMILES string of the molecule is Cc1nc(C2Cc3ccccc3C2)nc2c1CNCC2. The molecule has 0 unspecified atom stereocenters. The van der Waals surface area contributed by atoms with Crippen molar-refractivity contribution in [3.63, 3.8) is 0 Å². The first kappa shape index (κ1) is 12.0. The minimum absolute atomic E-state index is 0.464. The number of aryl methyl sites for hydroxylation is 1. The van der Waals surface area contributed by atoms with Crippen LogP contribution >= 0.6 is 0 Å². The van der Waals surface area contributed by atoms with E-state index in [0.717, 1.165) is 43.9 Å². The zero-order valence-electron chi connectivity index (χ0n) is 11.8. The summed E-state index contributed by atoms with van der Waals surface area (Å²) in [6, 6.07) is 8.74. The van der Waals surface area contributed by atoms with Crippen LogP contribution in [0.25, 0.3) is 0 Å². The molecule has 0 atom stereocenters. The molecule has 0 saturated carbocycles. The molecule has 0 amide bonds.